The molecule has 1 saturated heterocycles. The van der Waals surface area contributed by atoms with Crippen molar-refractivity contribution in [3.63, 3.8) is 0 Å². The molecule has 0 spiro atoms. The van der Waals surface area contributed by atoms with Crippen LogP contribution >= 0.6 is 11.6 Å². The van der Waals surface area contributed by atoms with Gasteiger partial charge in [0.05, 0.1) is 5.02 Å². The second kappa shape index (κ2) is 4.28. The zero-order valence-corrected chi connectivity index (χ0v) is 8.65. The molecule has 1 aliphatic rings. The maximum absolute atomic E-state index is 13.5. The summed E-state index contributed by atoms with van der Waals surface area (Å²) in [7, 11) is 0. The monoisotopic (exact) mass is 213 g/mol. The van der Waals surface area contributed by atoms with Crippen molar-refractivity contribution in [1.29, 1.82) is 0 Å². The summed E-state index contributed by atoms with van der Waals surface area (Å²) in [5.74, 6) is 0.309. The number of hydrogen-bond acceptors (Lipinski definition) is 1. The third kappa shape index (κ3) is 2.07. The van der Waals surface area contributed by atoms with Crippen molar-refractivity contribution in [2.75, 3.05) is 13.1 Å². The van der Waals surface area contributed by atoms with Crippen LogP contribution in [0, 0.1) is 11.7 Å². The van der Waals surface area contributed by atoms with Crippen molar-refractivity contribution in [3.05, 3.63) is 34.6 Å². The Morgan fingerprint density at radius 2 is 2.36 bits per heavy atom. The van der Waals surface area contributed by atoms with Crippen LogP contribution in [-0.2, 0) is 6.42 Å². The van der Waals surface area contributed by atoms with Crippen molar-refractivity contribution < 1.29 is 4.39 Å². The smallest absolute Gasteiger partial charge is 0.144 e. The molecule has 0 aromatic heterocycles. The lowest BCUT2D eigenvalue weighted by Crippen LogP contribution is -2.11. The van der Waals surface area contributed by atoms with Crippen molar-refractivity contribution in [2.45, 2.75) is 12.8 Å². The predicted octanol–water partition coefficient (Wildman–Crippen LogP) is 2.63. The topological polar surface area (TPSA) is 12.0 Å². The molecule has 1 unspecified atom stereocenters. The predicted molar refractivity (Wildman–Crippen MR) is 56.1 cm³/mol. The maximum Gasteiger partial charge on any atom is 0.144 e. The molecule has 1 nitrogen and oxygen atoms in total. The zero-order valence-electron chi connectivity index (χ0n) is 7.89. The summed E-state index contributed by atoms with van der Waals surface area (Å²) in [5, 5.41) is 3.50. The van der Waals surface area contributed by atoms with Gasteiger partial charge in [0, 0.05) is 0 Å². The molecule has 1 N–H and O–H groups in total. The van der Waals surface area contributed by atoms with Crippen LogP contribution in [0.1, 0.15) is 12.0 Å². The highest BCUT2D eigenvalue weighted by Crippen LogP contribution is 2.22. The summed E-state index contributed by atoms with van der Waals surface area (Å²) >= 11 is 5.71. The van der Waals surface area contributed by atoms with E-state index in [2.05, 4.69) is 5.32 Å². The minimum atomic E-state index is -0.249. The summed E-state index contributed by atoms with van der Waals surface area (Å²) < 4.78 is 13.5. The first kappa shape index (κ1) is 9.94. The van der Waals surface area contributed by atoms with Crippen LogP contribution in [0.2, 0.25) is 5.02 Å². The van der Waals surface area contributed by atoms with Gasteiger partial charge in [0.15, 0.2) is 0 Å². The molecule has 3 heteroatoms. The molecule has 0 aliphatic carbocycles. The Bertz CT molecular complexity index is 321. The van der Waals surface area contributed by atoms with E-state index in [4.69, 9.17) is 11.6 Å². The van der Waals surface area contributed by atoms with E-state index in [1.165, 1.54) is 0 Å². The highest BCUT2D eigenvalue weighted by atomic mass is 35.5. The molecular formula is C11H13ClFN. The third-order valence-corrected chi connectivity index (χ3v) is 2.99. The molecular weight excluding hydrogens is 201 g/mol. The average Bonchev–Trinajstić information content (AvgIpc) is 2.66. The standard InChI is InChI=1S/C11H13ClFN/c12-10-3-1-2-9(11(10)13)6-8-4-5-14-7-8/h1-3,8,14H,4-7H2. The fraction of sp³-hybridized carbons (Fsp3) is 0.455. The van der Waals surface area contributed by atoms with Crippen LogP contribution in [0.15, 0.2) is 18.2 Å². The van der Waals surface area contributed by atoms with Crippen LogP contribution in [0.3, 0.4) is 0 Å². The summed E-state index contributed by atoms with van der Waals surface area (Å²) in [6.45, 7) is 2.04. The number of benzene rings is 1. The van der Waals surface area contributed by atoms with Gasteiger partial charge in [0.25, 0.3) is 0 Å². The first-order valence-electron chi connectivity index (χ1n) is 4.91. The lowest BCUT2D eigenvalue weighted by molar-refractivity contribution is 0.544. The maximum atomic E-state index is 13.5. The molecule has 0 amide bonds. The van der Waals surface area contributed by atoms with Crippen LogP contribution < -0.4 is 5.32 Å². The molecule has 2 rings (SSSR count). The molecule has 1 heterocycles. The molecule has 0 bridgehead atoms. The van der Waals surface area contributed by atoms with E-state index in [-0.39, 0.29) is 10.8 Å². The quantitative estimate of drug-likeness (QED) is 0.797. The lowest BCUT2D eigenvalue weighted by atomic mass is 9.98. The third-order valence-electron chi connectivity index (χ3n) is 2.70. The van der Waals surface area contributed by atoms with E-state index in [1.807, 2.05) is 12.1 Å². The van der Waals surface area contributed by atoms with Gasteiger partial charge in [-0.2, -0.15) is 0 Å². The van der Waals surface area contributed by atoms with Gasteiger partial charge in [-0.25, -0.2) is 4.39 Å². The van der Waals surface area contributed by atoms with E-state index in [1.54, 1.807) is 6.07 Å². The van der Waals surface area contributed by atoms with Crippen LogP contribution in [0.25, 0.3) is 0 Å². The Hall–Kier alpha value is -0.600. The molecule has 1 aromatic carbocycles. The molecule has 14 heavy (non-hydrogen) atoms. The van der Waals surface area contributed by atoms with Crippen LogP contribution in [0.5, 0.6) is 0 Å². The summed E-state index contributed by atoms with van der Waals surface area (Å²) in [5.41, 5.74) is 0.742. The van der Waals surface area contributed by atoms with E-state index in [0.717, 1.165) is 31.5 Å². The molecule has 1 aliphatic heterocycles. The van der Waals surface area contributed by atoms with Crippen molar-refractivity contribution in [2.24, 2.45) is 5.92 Å². The SMILES string of the molecule is Fc1c(Cl)cccc1CC1CCNC1. The highest BCUT2D eigenvalue weighted by Gasteiger charge is 2.17. The van der Waals surface area contributed by atoms with Gasteiger partial charge in [-0.15, -0.1) is 0 Å². The van der Waals surface area contributed by atoms with E-state index in [0.29, 0.717) is 5.92 Å². The molecule has 76 valence electrons. The van der Waals surface area contributed by atoms with Crippen molar-refractivity contribution in [1.82, 2.24) is 5.32 Å². The van der Waals surface area contributed by atoms with Gasteiger partial charge in [-0.1, -0.05) is 23.7 Å². The zero-order chi connectivity index (χ0) is 9.97. The van der Waals surface area contributed by atoms with Crippen molar-refractivity contribution >= 4 is 11.6 Å². The Kier molecular flexibility index (Phi) is 3.04. The Balaban J connectivity index is 2.11. The van der Waals surface area contributed by atoms with Gasteiger partial charge >= 0.3 is 0 Å². The van der Waals surface area contributed by atoms with E-state index < -0.39 is 0 Å². The number of nitrogens with one attached hydrogen (secondary N) is 1. The van der Waals surface area contributed by atoms with Crippen LogP contribution in [0.4, 0.5) is 4.39 Å². The van der Waals surface area contributed by atoms with Gasteiger partial charge in [0.1, 0.15) is 5.82 Å². The largest absolute Gasteiger partial charge is 0.316 e. The second-order valence-corrected chi connectivity index (χ2v) is 4.18. The number of hydrogen-bond donors (Lipinski definition) is 1. The normalized spacial score (nSPS) is 21.4. The molecule has 0 radical (unpaired) electrons. The minimum absolute atomic E-state index is 0.230. The van der Waals surface area contributed by atoms with Gasteiger partial charge in [0.2, 0.25) is 0 Å². The summed E-state index contributed by atoms with van der Waals surface area (Å²) in [4.78, 5) is 0. The summed E-state index contributed by atoms with van der Waals surface area (Å²) in [6.07, 6.45) is 1.92. The van der Waals surface area contributed by atoms with Gasteiger partial charge in [-0.3, -0.25) is 0 Å². The fourth-order valence-electron chi connectivity index (χ4n) is 1.91. The first-order valence-corrected chi connectivity index (χ1v) is 5.29. The van der Waals surface area contributed by atoms with Crippen molar-refractivity contribution in [3.8, 4) is 0 Å². The van der Waals surface area contributed by atoms with Gasteiger partial charge < -0.3 is 5.32 Å². The van der Waals surface area contributed by atoms with E-state index in [9.17, 15) is 4.39 Å². The fourth-order valence-corrected chi connectivity index (χ4v) is 2.10. The number of rotatable bonds is 2. The van der Waals surface area contributed by atoms with Crippen LogP contribution in [-0.4, -0.2) is 13.1 Å². The molecule has 1 aromatic rings. The van der Waals surface area contributed by atoms with E-state index >= 15 is 0 Å². The average molecular weight is 214 g/mol. The Labute approximate surface area is 88.3 Å². The Morgan fingerprint density at radius 3 is 3.07 bits per heavy atom. The highest BCUT2D eigenvalue weighted by molar-refractivity contribution is 6.30. The molecule has 1 atom stereocenters. The molecule has 0 saturated carbocycles. The first-order chi connectivity index (χ1) is 6.77. The molecule has 1 fully saturated rings. The lowest BCUT2D eigenvalue weighted by Gasteiger charge is -2.09. The minimum Gasteiger partial charge on any atom is -0.316 e. The second-order valence-electron chi connectivity index (χ2n) is 3.78. The van der Waals surface area contributed by atoms with Gasteiger partial charge in [-0.05, 0) is 43.5 Å². The number of halogens is 2. The summed E-state index contributed by atoms with van der Waals surface area (Å²) in [6, 6.07) is 5.22. The Morgan fingerprint density at radius 1 is 1.50 bits per heavy atom.